The lowest BCUT2D eigenvalue weighted by atomic mass is 9.57. The Labute approximate surface area is 169 Å². The zero-order valence-electron chi connectivity index (χ0n) is 18.6. The second-order valence-electron chi connectivity index (χ2n) is 11.8. The Morgan fingerprint density at radius 1 is 0.704 bits per heavy atom. The fraction of sp³-hybridized carbons (Fsp3) is 0.913. The van der Waals surface area contributed by atoms with Crippen molar-refractivity contribution in [3.8, 4) is 0 Å². The summed E-state index contributed by atoms with van der Waals surface area (Å²) in [5.74, 6) is 4.59. The SMILES string of the molecule is C[Si](C)(C)O[C@H]1CCC2C(=CCC3C2CCC2C3CC[C@@H]2O[Si](C)(C)C)C1. The minimum Gasteiger partial charge on any atom is -0.414 e. The normalized spacial score (nSPS) is 42.1. The standard InChI is InChI=1S/C23H42O2Si2/c1-26(2,3)24-17-8-10-18-16(15-17)7-9-20-19(18)11-12-22-21(20)13-14-23(22)25-27(4,5)6/h7,17-23H,8-15H2,1-6H3/t17-,18?,19?,20?,21?,22?,23-/m0/s1. The Kier molecular flexibility index (Phi) is 5.59. The summed E-state index contributed by atoms with van der Waals surface area (Å²) in [6.45, 7) is 14.1. The summed E-state index contributed by atoms with van der Waals surface area (Å²) >= 11 is 0. The predicted molar refractivity (Wildman–Crippen MR) is 119 cm³/mol. The van der Waals surface area contributed by atoms with E-state index in [1.54, 1.807) is 5.57 Å². The van der Waals surface area contributed by atoms with Gasteiger partial charge in [0.15, 0.2) is 16.6 Å². The Balaban J connectivity index is 1.43. The molecule has 0 aliphatic heterocycles. The van der Waals surface area contributed by atoms with Crippen LogP contribution in [0, 0.1) is 29.6 Å². The molecule has 0 aromatic rings. The van der Waals surface area contributed by atoms with Gasteiger partial charge in [-0.2, -0.15) is 0 Å². The second-order valence-corrected chi connectivity index (χ2v) is 20.8. The first kappa shape index (κ1) is 20.4. The maximum atomic E-state index is 6.63. The van der Waals surface area contributed by atoms with Crippen molar-refractivity contribution in [3.05, 3.63) is 11.6 Å². The molecule has 4 rings (SSSR count). The molecule has 4 heteroatoms. The summed E-state index contributed by atoms with van der Waals surface area (Å²) in [4.78, 5) is 0. The molecule has 5 unspecified atom stereocenters. The molecule has 0 N–H and O–H groups in total. The van der Waals surface area contributed by atoms with Gasteiger partial charge >= 0.3 is 0 Å². The van der Waals surface area contributed by atoms with Crippen LogP contribution in [0.3, 0.4) is 0 Å². The summed E-state index contributed by atoms with van der Waals surface area (Å²) in [7, 11) is -2.84. The van der Waals surface area contributed by atoms with Crippen molar-refractivity contribution in [3.63, 3.8) is 0 Å². The third-order valence-electron chi connectivity index (χ3n) is 7.68. The fourth-order valence-electron chi connectivity index (χ4n) is 7.04. The molecule has 4 aliphatic rings. The molecule has 3 saturated carbocycles. The highest BCUT2D eigenvalue weighted by Gasteiger charge is 2.50. The highest BCUT2D eigenvalue weighted by atomic mass is 28.4. The average molecular weight is 407 g/mol. The van der Waals surface area contributed by atoms with Gasteiger partial charge in [0, 0.05) is 12.2 Å². The Morgan fingerprint density at radius 3 is 2.07 bits per heavy atom. The van der Waals surface area contributed by atoms with E-state index in [-0.39, 0.29) is 0 Å². The van der Waals surface area contributed by atoms with Gasteiger partial charge in [-0.15, -0.1) is 0 Å². The summed E-state index contributed by atoms with van der Waals surface area (Å²) in [6, 6.07) is 0. The van der Waals surface area contributed by atoms with Crippen molar-refractivity contribution in [2.75, 3.05) is 0 Å². The molecular weight excluding hydrogens is 364 g/mol. The minimum atomic E-state index is -1.42. The molecule has 4 aliphatic carbocycles. The molecule has 0 heterocycles. The fourth-order valence-corrected chi connectivity index (χ4v) is 9.44. The van der Waals surface area contributed by atoms with Gasteiger partial charge in [-0.1, -0.05) is 11.6 Å². The summed E-state index contributed by atoms with van der Waals surface area (Å²) in [5, 5.41) is 0. The Hall–Kier alpha value is 0.0938. The zero-order chi connectivity index (χ0) is 19.4. The first-order valence-corrected chi connectivity index (χ1v) is 18.5. The van der Waals surface area contributed by atoms with E-state index in [1.807, 2.05) is 0 Å². The van der Waals surface area contributed by atoms with Crippen LogP contribution < -0.4 is 0 Å². The Morgan fingerprint density at radius 2 is 1.37 bits per heavy atom. The monoisotopic (exact) mass is 406 g/mol. The van der Waals surface area contributed by atoms with Gasteiger partial charge in [-0.3, -0.25) is 0 Å². The highest BCUT2D eigenvalue weighted by molar-refractivity contribution is 6.70. The van der Waals surface area contributed by atoms with E-state index in [9.17, 15) is 0 Å². The van der Waals surface area contributed by atoms with Gasteiger partial charge in [-0.25, -0.2) is 0 Å². The van der Waals surface area contributed by atoms with E-state index in [1.165, 1.54) is 51.4 Å². The molecule has 0 aromatic carbocycles. The number of allylic oxidation sites excluding steroid dienone is 1. The van der Waals surface area contributed by atoms with Crippen molar-refractivity contribution >= 4 is 16.6 Å². The number of fused-ring (bicyclic) bond motifs is 5. The Bertz CT molecular complexity index is 574. The third-order valence-corrected chi connectivity index (χ3v) is 9.73. The molecule has 3 fully saturated rings. The highest BCUT2D eigenvalue weighted by Crippen LogP contribution is 2.57. The first-order valence-electron chi connectivity index (χ1n) is 11.7. The van der Waals surface area contributed by atoms with E-state index >= 15 is 0 Å². The van der Waals surface area contributed by atoms with Crippen molar-refractivity contribution in [1.29, 1.82) is 0 Å². The van der Waals surface area contributed by atoms with E-state index in [0.29, 0.717) is 12.2 Å². The average Bonchev–Trinajstić information content (AvgIpc) is 2.94. The molecule has 0 spiro atoms. The first-order chi connectivity index (χ1) is 12.6. The van der Waals surface area contributed by atoms with Crippen LogP contribution in [0.4, 0.5) is 0 Å². The van der Waals surface area contributed by atoms with Gasteiger partial charge in [0.05, 0.1) is 0 Å². The lowest BCUT2D eigenvalue weighted by Gasteiger charge is -2.50. The van der Waals surface area contributed by atoms with Crippen LogP contribution in [0.25, 0.3) is 0 Å². The molecule has 0 saturated heterocycles. The lowest BCUT2D eigenvalue weighted by molar-refractivity contribution is 0.0184. The number of hydrogen-bond donors (Lipinski definition) is 0. The van der Waals surface area contributed by atoms with Gasteiger partial charge in [-0.05, 0) is 120 Å². The smallest absolute Gasteiger partial charge is 0.184 e. The van der Waals surface area contributed by atoms with Crippen molar-refractivity contribution < 1.29 is 8.85 Å². The van der Waals surface area contributed by atoms with Crippen molar-refractivity contribution in [1.82, 2.24) is 0 Å². The van der Waals surface area contributed by atoms with Gasteiger partial charge in [0.2, 0.25) is 0 Å². The second kappa shape index (κ2) is 7.41. The number of rotatable bonds is 4. The third kappa shape index (κ3) is 4.49. The van der Waals surface area contributed by atoms with Gasteiger partial charge < -0.3 is 8.85 Å². The van der Waals surface area contributed by atoms with Crippen LogP contribution in [0.15, 0.2) is 11.6 Å². The van der Waals surface area contributed by atoms with Crippen LogP contribution in [-0.4, -0.2) is 28.8 Å². The molecule has 0 amide bonds. The molecule has 0 bridgehead atoms. The van der Waals surface area contributed by atoms with E-state index in [0.717, 1.165) is 29.6 Å². The summed E-state index contributed by atoms with van der Waals surface area (Å²) in [5.41, 5.74) is 1.78. The van der Waals surface area contributed by atoms with Crippen molar-refractivity contribution in [2.45, 2.75) is 103 Å². The maximum Gasteiger partial charge on any atom is 0.184 e. The van der Waals surface area contributed by atoms with E-state index in [2.05, 4.69) is 45.4 Å². The molecule has 154 valence electrons. The molecule has 2 nitrogen and oxygen atoms in total. The molecule has 0 radical (unpaired) electrons. The topological polar surface area (TPSA) is 18.5 Å². The van der Waals surface area contributed by atoms with E-state index < -0.39 is 16.6 Å². The van der Waals surface area contributed by atoms with Gasteiger partial charge in [0.1, 0.15) is 0 Å². The van der Waals surface area contributed by atoms with Crippen LogP contribution in [-0.2, 0) is 8.85 Å². The molecule has 7 atom stereocenters. The van der Waals surface area contributed by atoms with Crippen molar-refractivity contribution in [2.24, 2.45) is 29.6 Å². The molecule has 27 heavy (non-hydrogen) atoms. The number of hydrogen-bond acceptors (Lipinski definition) is 2. The molecular formula is C23H42O2Si2. The van der Waals surface area contributed by atoms with Gasteiger partial charge in [0.25, 0.3) is 0 Å². The van der Waals surface area contributed by atoms with Crippen LogP contribution in [0.1, 0.15) is 51.4 Å². The quantitative estimate of drug-likeness (QED) is 0.386. The zero-order valence-corrected chi connectivity index (χ0v) is 20.6. The molecule has 0 aromatic heterocycles. The predicted octanol–water partition coefficient (Wildman–Crippen LogP) is 6.61. The maximum absolute atomic E-state index is 6.63. The minimum absolute atomic E-state index is 0.507. The lowest BCUT2D eigenvalue weighted by Crippen LogP contribution is -2.44. The summed E-state index contributed by atoms with van der Waals surface area (Å²) < 4.78 is 13.1. The van der Waals surface area contributed by atoms with E-state index in [4.69, 9.17) is 8.85 Å². The van der Waals surface area contributed by atoms with Crippen LogP contribution in [0.5, 0.6) is 0 Å². The largest absolute Gasteiger partial charge is 0.414 e. The van der Waals surface area contributed by atoms with Crippen LogP contribution >= 0.6 is 0 Å². The summed E-state index contributed by atoms with van der Waals surface area (Å²) in [6.07, 6.45) is 14.7. The van der Waals surface area contributed by atoms with Crippen LogP contribution in [0.2, 0.25) is 39.3 Å².